The van der Waals surface area contributed by atoms with Crippen molar-refractivity contribution in [3.63, 3.8) is 0 Å². The Morgan fingerprint density at radius 1 is 0.944 bits per heavy atom. The number of amides is 1. The van der Waals surface area contributed by atoms with E-state index in [2.05, 4.69) is 20.2 Å². The van der Waals surface area contributed by atoms with Crippen molar-refractivity contribution in [2.24, 2.45) is 0 Å². The van der Waals surface area contributed by atoms with Crippen LogP contribution in [0.15, 0.2) is 67.0 Å². The summed E-state index contributed by atoms with van der Waals surface area (Å²) in [5.74, 6) is -0.238. The van der Waals surface area contributed by atoms with Gasteiger partial charge in [-0.3, -0.25) is 4.90 Å². The maximum Gasteiger partial charge on any atom is 0.408 e. The van der Waals surface area contributed by atoms with Crippen molar-refractivity contribution >= 4 is 12.0 Å². The van der Waals surface area contributed by atoms with Crippen LogP contribution in [-0.4, -0.2) is 53.7 Å². The lowest BCUT2D eigenvalue weighted by molar-refractivity contribution is 0.0861. The van der Waals surface area contributed by atoms with Crippen LogP contribution in [0.2, 0.25) is 0 Å². The third kappa shape index (κ3) is 7.21. The molecular formula is C27H31F2N5O2. The Kier molecular flexibility index (Phi) is 8.78. The van der Waals surface area contributed by atoms with Gasteiger partial charge in [0, 0.05) is 26.2 Å². The molecule has 1 aliphatic heterocycles. The number of ether oxygens (including phenoxy) is 1. The summed E-state index contributed by atoms with van der Waals surface area (Å²) in [6.07, 6.45) is 2.79. The lowest BCUT2D eigenvalue weighted by atomic mass is 10.0. The van der Waals surface area contributed by atoms with Crippen molar-refractivity contribution in [3.05, 3.63) is 89.8 Å². The number of carbonyl (C=O) groups excluding carboxylic acids is 1. The molecule has 1 amide bonds. The summed E-state index contributed by atoms with van der Waals surface area (Å²) in [4.78, 5) is 25.2. The average molecular weight is 496 g/mol. The minimum absolute atomic E-state index is 0.200. The van der Waals surface area contributed by atoms with E-state index in [-0.39, 0.29) is 11.9 Å². The summed E-state index contributed by atoms with van der Waals surface area (Å²) in [5, 5.41) is 2.88. The first-order valence-corrected chi connectivity index (χ1v) is 12.2. The highest BCUT2D eigenvalue weighted by Gasteiger charge is 2.22. The number of anilines is 1. The number of hydrogen-bond donors (Lipinski definition) is 1. The summed E-state index contributed by atoms with van der Waals surface area (Å²) in [7, 11) is 0. The van der Waals surface area contributed by atoms with Crippen molar-refractivity contribution in [1.29, 1.82) is 0 Å². The van der Waals surface area contributed by atoms with Crippen molar-refractivity contribution in [2.45, 2.75) is 31.9 Å². The number of carbonyl (C=O) groups is 1. The summed E-state index contributed by atoms with van der Waals surface area (Å²) in [5.41, 5.74) is 1.75. The molecule has 2 aromatic carbocycles. The fourth-order valence-electron chi connectivity index (χ4n) is 4.28. The molecule has 190 valence electrons. The topological polar surface area (TPSA) is 70.6 Å². The first-order valence-electron chi connectivity index (χ1n) is 12.2. The van der Waals surface area contributed by atoms with Crippen LogP contribution >= 0.6 is 0 Å². The van der Waals surface area contributed by atoms with Crippen LogP contribution in [0.5, 0.6) is 0 Å². The molecule has 1 aromatic heterocycles. The van der Waals surface area contributed by atoms with Crippen LogP contribution in [0.4, 0.5) is 19.5 Å². The number of nitrogens with zero attached hydrogens (tertiary/aromatic N) is 4. The first kappa shape index (κ1) is 25.5. The number of alkyl carbamates (subject to hydrolysis) is 1. The highest BCUT2D eigenvalue weighted by Crippen LogP contribution is 2.25. The van der Waals surface area contributed by atoms with Crippen molar-refractivity contribution in [2.75, 3.05) is 37.6 Å². The predicted molar refractivity (Wildman–Crippen MR) is 133 cm³/mol. The van der Waals surface area contributed by atoms with Crippen LogP contribution in [-0.2, 0) is 4.74 Å². The SMILES string of the molecule is C[C@@H](NC(=O)O[C@H](CCCN1CCN(c2ncc(F)cn2)CC1)c1ccc(F)cc1)c1ccccc1. The van der Waals surface area contributed by atoms with E-state index in [4.69, 9.17) is 4.74 Å². The molecule has 0 spiro atoms. The second-order valence-corrected chi connectivity index (χ2v) is 8.89. The number of rotatable bonds is 9. The standard InChI is InChI=1S/C27H31F2N5O2/c1-20(21-6-3-2-4-7-21)32-27(35)36-25(22-9-11-23(28)12-10-22)8-5-13-33-14-16-34(17-15-33)26-30-18-24(29)19-31-26/h2-4,6-7,9-12,18-20,25H,5,8,13-17H2,1H3,(H,32,35)/t20-,25-/m1/s1. The second kappa shape index (κ2) is 12.4. The Morgan fingerprint density at radius 3 is 2.28 bits per heavy atom. The zero-order chi connectivity index (χ0) is 25.3. The molecule has 7 nitrogen and oxygen atoms in total. The van der Waals surface area contributed by atoms with Gasteiger partial charge in [0.15, 0.2) is 5.82 Å². The first-order chi connectivity index (χ1) is 17.5. The molecule has 36 heavy (non-hydrogen) atoms. The van der Waals surface area contributed by atoms with Gasteiger partial charge in [0.05, 0.1) is 18.4 Å². The van der Waals surface area contributed by atoms with Gasteiger partial charge in [-0.2, -0.15) is 0 Å². The fourth-order valence-corrected chi connectivity index (χ4v) is 4.28. The van der Waals surface area contributed by atoms with Gasteiger partial charge in [-0.15, -0.1) is 0 Å². The molecule has 0 radical (unpaired) electrons. The molecule has 2 atom stereocenters. The van der Waals surface area contributed by atoms with E-state index < -0.39 is 18.0 Å². The highest BCUT2D eigenvalue weighted by molar-refractivity contribution is 5.68. The number of piperazine rings is 1. The van der Waals surface area contributed by atoms with Crippen LogP contribution in [0, 0.1) is 11.6 Å². The number of halogens is 2. The largest absolute Gasteiger partial charge is 0.441 e. The number of nitrogens with one attached hydrogen (secondary N) is 1. The Balaban J connectivity index is 1.29. The number of hydrogen-bond acceptors (Lipinski definition) is 6. The number of aromatic nitrogens is 2. The van der Waals surface area contributed by atoms with Gasteiger partial charge in [0.25, 0.3) is 0 Å². The second-order valence-electron chi connectivity index (χ2n) is 8.89. The Morgan fingerprint density at radius 2 is 1.61 bits per heavy atom. The maximum absolute atomic E-state index is 13.5. The summed E-state index contributed by atoms with van der Waals surface area (Å²) >= 11 is 0. The summed E-state index contributed by atoms with van der Waals surface area (Å²) in [6, 6.07) is 15.6. The molecule has 2 heterocycles. The van der Waals surface area contributed by atoms with Crippen molar-refractivity contribution in [3.8, 4) is 0 Å². The van der Waals surface area contributed by atoms with E-state index in [9.17, 15) is 13.6 Å². The van der Waals surface area contributed by atoms with Gasteiger partial charge in [-0.05, 0) is 49.6 Å². The van der Waals surface area contributed by atoms with E-state index in [1.807, 2.05) is 42.2 Å². The normalized spacial score (nSPS) is 15.8. The quantitative estimate of drug-likeness (QED) is 0.456. The third-order valence-electron chi connectivity index (χ3n) is 6.33. The molecule has 3 aromatic rings. The van der Waals surface area contributed by atoms with E-state index in [0.717, 1.165) is 50.3 Å². The molecule has 1 fully saturated rings. The summed E-state index contributed by atoms with van der Waals surface area (Å²) in [6.45, 7) is 5.91. The maximum atomic E-state index is 13.5. The average Bonchev–Trinajstić information content (AvgIpc) is 2.90. The molecule has 1 N–H and O–H groups in total. The van der Waals surface area contributed by atoms with Gasteiger partial charge in [-0.25, -0.2) is 23.5 Å². The van der Waals surface area contributed by atoms with E-state index in [0.29, 0.717) is 12.4 Å². The van der Waals surface area contributed by atoms with Gasteiger partial charge >= 0.3 is 6.09 Å². The lowest BCUT2D eigenvalue weighted by Gasteiger charge is -2.34. The predicted octanol–water partition coefficient (Wildman–Crippen LogP) is 4.89. The van der Waals surface area contributed by atoms with Gasteiger partial charge < -0.3 is 15.0 Å². The van der Waals surface area contributed by atoms with Gasteiger partial charge in [0.2, 0.25) is 5.95 Å². The monoisotopic (exact) mass is 495 g/mol. The molecule has 1 aliphatic rings. The Labute approximate surface area is 210 Å². The molecule has 4 rings (SSSR count). The van der Waals surface area contributed by atoms with Crippen LogP contribution in [0.3, 0.4) is 0 Å². The van der Waals surface area contributed by atoms with Gasteiger partial charge in [-0.1, -0.05) is 42.5 Å². The molecule has 9 heteroatoms. The minimum Gasteiger partial charge on any atom is -0.441 e. The van der Waals surface area contributed by atoms with Crippen LogP contribution in [0.1, 0.15) is 43.0 Å². The zero-order valence-electron chi connectivity index (χ0n) is 20.3. The molecular weight excluding hydrogens is 464 g/mol. The zero-order valence-corrected chi connectivity index (χ0v) is 20.3. The van der Waals surface area contributed by atoms with Crippen LogP contribution < -0.4 is 10.2 Å². The molecule has 0 saturated carbocycles. The Hall–Kier alpha value is -3.59. The molecule has 0 aliphatic carbocycles. The van der Waals surface area contributed by atoms with Gasteiger partial charge in [0.1, 0.15) is 11.9 Å². The van der Waals surface area contributed by atoms with Crippen LogP contribution in [0.25, 0.3) is 0 Å². The minimum atomic E-state index is -0.506. The number of benzene rings is 2. The lowest BCUT2D eigenvalue weighted by Crippen LogP contribution is -2.47. The Bertz CT molecular complexity index is 1090. The van der Waals surface area contributed by atoms with E-state index in [1.165, 1.54) is 24.5 Å². The summed E-state index contributed by atoms with van der Waals surface area (Å²) < 4.78 is 32.4. The van der Waals surface area contributed by atoms with Crippen molar-refractivity contribution < 1.29 is 18.3 Å². The van der Waals surface area contributed by atoms with Crippen molar-refractivity contribution in [1.82, 2.24) is 20.2 Å². The molecule has 1 saturated heterocycles. The third-order valence-corrected chi connectivity index (χ3v) is 6.33. The van der Waals surface area contributed by atoms with E-state index in [1.54, 1.807) is 12.1 Å². The molecule has 0 bridgehead atoms. The molecule has 0 unspecified atom stereocenters. The highest BCUT2D eigenvalue weighted by atomic mass is 19.1. The smallest absolute Gasteiger partial charge is 0.408 e. The van der Waals surface area contributed by atoms with E-state index >= 15 is 0 Å². The fraction of sp³-hybridized carbons (Fsp3) is 0.370.